The Labute approximate surface area is 108 Å². The van der Waals surface area contributed by atoms with Crippen LogP contribution in [-0.2, 0) is 5.54 Å². The van der Waals surface area contributed by atoms with Crippen LogP contribution in [0.15, 0.2) is 18.2 Å². The molecule has 0 aliphatic carbocycles. The van der Waals surface area contributed by atoms with Gasteiger partial charge in [0.25, 0.3) is 0 Å². The molecule has 1 fully saturated rings. The predicted octanol–water partition coefficient (Wildman–Crippen LogP) is 3.08. The fourth-order valence-electron chi connectivity index (χ4n) is 3.25. The lowest BCUT2D eigenvalue weighted by Crippen LogP contribution is -2.33. The number of H-pyrrole nitrogens is 1. The number of ether oxygens (including phenoxy) is 1. The van der Waals surface area contributed by atoms with Gasteiger partial charge >= 0.3 is 0 Å². The van der Waals surface area contributed by atoms with Gasteiger partial charge < -0.3 is 15.0 Å². The predicted molar refractivity (Wildman–Crippen MR) is 74.2 cm³/mol. The van der Waals surface area contributed by atoms with Crippen molar-refractivity contribution in [2.75, 3.05) is 13.7 Å². The second-order valence-corrected chi connectivity index (χ2v) is 5.40. The minimum Gasteiger partial charge on any atom is -0.497 e. The molecule has 2 heterocycles. The maximum Gasteiger partial charge on any atom is 0.119 e. The van der Waals surface area contributed by atoms with Crippen molar-refractivity contribution in [3.05, 3.63) is 29.5 Å². The van der Waals surface area contributed by atoms with Gasteiger partial charge in [-0.1, -0.05) is 0 Å². The zero-order valence-electron chi connectivity index (χ0n) is 11.3. The Kier molecular flexibility index (Phi) is 2.59. The van der Waals surface area contributed by atoms with Crippen LogP contribution in [-0.4, -0.2) is 18.6 Å². The number of aromatic amines is 1. The SMILES string of the molecule is COc1ccc2[nH]c(C)c(C3(C)CCCN3)c2c1. The van der Waals surface area contributed by atoms with Crippen LogP contribution in [0.1, 0.15) is 31.0 Å². The number of rotatable bonds is 2. The third kappa shape index (κ3) is 1.62. The van der Waals surface area contributed by atoms with Crippen LogP contribution in [0.2, 0.25) is 0 Å². The van der Waals surface area contributed by atoms with Gasteiger partial charge in [0.2, 0.25) is 0 Å². The summed E-state index contributed by atoms with van der Waals surface area (Å²) in [6, 6.07) is 6.24. The Hall–Kier alpha value is -1.48. The van der Waals surface area contributed by atoms with E-state index in [9.17, 15) is 0 Å². The molecular formula is C15H20N2O. The van der Waals surface area contributed by atoms with Gasteiger partial charge in [0.1, 0.15) is 5.75 Å². The van der Waals surface area contributed by atoms with Crippen molar-refractivity contribution >= 4 is 10.9 Å². The topological polar surface area (TPSA) is 37.0 Å². The highest BCUT2D eigenvalue weighted by Crippen LogP contribution is 2.38. The zero-order chi connectivity index (χ0) is 12.8. The largest absolute Gasteiger partial charge is 0.497 e. The Morgan fingerprint density at radius 1 is 1.33 bits per heavy atom. The van der Waals surface area contributed by atoms with Gasteiger partial charge in [0, 0.05) is 27.7 Å². The summed E-state index contributed by atoms with van der Waals surface area (Å²) in [7, 11) is 1.72. The lowest BCUT2D eigenvalue weighted by molar-refractivity contribution is 0.415. The van der Waals surface area contributed by atoms with Crippen LogP contribution in [0.5, 0.6) is 5.75 Å². The van der Waals surface area contributed by atoms with E-state index < -0.39 is 0 Å². The fourth-order valence-corrected chi connectivity index (χ4v) is 3.25. The first-order valence-electron chi connectivity index (χ1n) is 6.56. The quantitative estimate of drug-likeness (QED) is 0.851. The number of methoxy groups -OCH3 is 1. The first kappa shape index (κ1) is 11.6. The molecule has 0 amide bonds. The van der Waals surface area contributed by atoms with E-state index >= 15 is 0 Å². The molecule has 1 aromatic heterocycles. The maximum absolute atomic E-state index is 5.35. The first-order chi connectivity index (χ1) is 8.64. The first-order valence-corrected chi connectivity index (χ1v) is 6.56. The molecule has 3 heteroatoms. The van der Waals surface area contributed by atoms with Gasteiger partial charge in [-0.3, -0.25) is 0 Å². The van der Waals surface area contributed by atoms with Crippen LogP contribution < -0.4 is 10.1 Å². The molecule has 2 N–H and O–H groups in total. The van der Waals surface area contributed by atoms with Crippen LogP contribution in [0.25, 0.3) is 10.9 Å². The normalized spacial score (nSPS) is 23.7. The van der Waals surface area contributed by atoms with E-state index in [1.807, 2.05) is 6.07 Å². The number of nitrogens with one attached hydrogen (secondary N) is 2. The van der Waals surface area contributed by atoms with E-state index in [0.717, 1.165) is 12.3 Å². The van der Waals surface area contributed by atoms with Crippen molar-refractivity contribution in [1.82, 2.24) is 10.3 Å². The fraction of sp³-hybridized carbons (Fsp3) is 0.467. The third-order valence-corrected chi connectivity index (χ3v) is 4.11. The Bertz CT molecular complexity index is 579. The molecular weight excluding hydrogens is 224 g/mol. The molecule has 1 aliphatic heterocycles. The molecule has 2 aromatic rings. The summed E-state index contributed by atoms with van der Waals surface area (Å²) < 4.78 is 5.35. The van der Waals surface area contributed by atoms with Crippen molar-refractivity contribution in [1.29, 1.82) is 0 Å². The van der Waals surface area contributed by atoms with Gasteiger partial charge in [0.05, 0.1) is 7.11 Å². The summed E-state index contributed by atoms with van der Waals surface area (Å²) in [6.07, 6.45) is 2.44. The molecule has 0 saturated carbocycles. The van der Waals surface area contributed by atoms with Crippen molar-refractivity contribution < 1.29 is 4.74 Å². The summed E-state index contributed by atoms with van der Waals surface area (Å²) in [4.78, 5) is 3.48. The second kappa shape index (κ2) is 4.02. The molecule has 1 unspecified atom stereocenters. The van der Waals surface area contributed by atoms with Gasteiger partial charge in [-0.15, -0.1) is 0 Å². The molecule has 18 heavy (non-hydrogen) atoms. The number of fused-ring (bicyclic) bond motifs is 1. The number of benzene rings is 1. The summed E-state index contributed by atoms with van der Waals surface area (Å²) in [5, 5.41) is 4.93. The van der Waals surface area contributed by atoms with Crippen molar-refractivity contribution in [3.8, 4) is 5.75 Å². The molecule has 1 atom stereocenters. The van der Waals surface area contributed by atoms with E-state index in [2.05, 4.69) is 36.3 Å². The van der Waals surface area contributed by atoms with Gasteiger partial charge in [-0.2, -0.15) is 0 Å². The Morgan fingerprint density at radius 2 is 2.17 bits per heavy atom. The van der Waals surface area contributed by atoms with Gasteiger partial charge in [0.15, 0.2) is 0 Å². The lowest BCUT2D eigenvalue weighted by atomic mass is 9.88. The molecule has 96 valence electrons. The zero-order valence-corrected chi connectivity index (χ0v) is 11.3. The molecule has 1 aliphatic rings. The van der Waals surface area contributed by atoms with Crippen LogP contribution in [0.4, 0.5) is 0 Å². The van der Waals surface area contributed by atoms with Crippen molar-refractivity contribution in [2.45, 2.75) is 32.2 Å². The minimum absolute atomic E-state index is 0.0920. The number of hydrogen-bond acceptors (Lipinski definition) is 2. The van der Waals surface area contributed by atoms with Crippen molar-refractivity contribution in [2.24, 2.45) is 0 Å². The van der Waals surface area contributed by atoms with Crippen LogP contribution in [0.3, 0.4) is 0 Å². The van der Waals surface area contributed by atoms with E-state index in [0.29, 0.717) is 0 Å². The average Bonchev–Trinajstić information content (AvgIpc) is 2.91. The lowest BCUT2D eigenvalue weighted by Gasteiger charge is -2.25. The number of hydrogen-bond donors (Lipinski definition) is 2. The van der Waals surface area contributed by atoms with E-state index in [4.69, 9.17) is 4.74 Å². The highest BCUT2D eigenvalue weighted by Gasteiger charge is 2.33. The molecule has 0 radical (unpaired) electrons. The smallest absolute Gasteiger partial charge is 0.119 e. The summed E-state index contributed by atoms with van der Waals surface area (Å²) >= 11 is 0. The summed E-state index contributed by atoms with van der Waals surface area (Å²) in [6.45, 7) is 5.56. The van der Waals surface area contributed by atoms with Gasteiger partial charge in [-0.25, -0.2) is 0 Å². The second-order valence-electron chi connectivity index (χ2n) is 5.40. The third-order valence-electron chi connectivity index (χ3n) is 4.11. The molecule has 3 nitrogen and oxygen atoms in total. The number of aryl methyl sites for hydroxylation is 1. The Morgan fingerprint density at radius 3 is 2.83 bits per heavy atom. The Balaban J connectivity index is 2.23. The maximum atomic E-state index is 5.35. The van der Waals surface area contributed by atoms with Crippen molar-refractivity contribution in [3.63, 3.8) is 0 Å². The highest BCUT2D eigenvalue weighted by molar-refractivity contribution is 5.87. The summed E-state index contributed by atoms with van der Waals surface area (Å²) in [5.41, 5.74) is 3.94. The minimum atomic E-state index is 0.0920. The highest BCUT2D eigenvalue weighted by atomic mass is 16.5. The van der Waals surface area contributed by atoms with Gasteiger partial charge in [-0.05, 0) is 51.4 Å². The number of aromatic nitrogens is 1. The molecule has 0 bridgehead atoms. The standard InChI is InChI=1S/C15H20N2O/c1-10-14(15(2)7-4-8-16-15)12-9-11(18-3)5-6-13(12)17-10/h5-6,9,16-17H,4,7-8H2,1-3H3. The van der Waals surface area contributed by atoms with E-state index in [1.54, 1.807) is 7.11 Å². The molecule has 0 spiro atoms. The molecule has 1 aromatic carbocycles. The van der Waals surface area contributed by atoms with Crippen LogP contribution in [0, 0.1) is 6.92 Å². The molecule has 1 saturated heterocycles. The van der Waals surface area contributed by atoms with E-state index in [1.165, 1.54) is 35.0 Å². The monoisotopic (exact) mass is 244 g/mol. The molecule has 3 rings (SSSR count). The summed E-state index contributed by atoms with van der Waals surface area (Å²) in [5.74, 6) is 0.921. The van der Waals surface area contributed by atoms with E-state index in [-0.39, 0.29) is 5.54 Å². The average molecular weight is 244 g/mol. The van der Waals surface area contributed by atoms with Crippen LogP contribution >= 0.6 is 0 Å².